The van der Waals surface area contributed by atoms with Crippen molar-refractivity contribution in [2.45, 2.75) is 24.3 Å². The van der Waals surface area contributed by atoms with E-state index in [0.29, 0.717) is 22.4 Å². The normalized spacial score (nSPS) is 22.1. The van der Waals surface area contributed by atoms with Gasteiger partial charge in [0.1, 0.15) is 0 Å². The van der Waals surface area contributed by atoms with E-state index in [0.717, 1.165) is 19.5 Å². The molecular formula is C14H21ClN2O2S. The molecule has 1 heterocycles. The molecule has 4 nitrogen and oxygen atoms in total. The fourth-order valence-corrected chi connectivity index (χ4v) is 3.91. The highest BCUT2D eigenvalue weighted by molar-refractivity contribution is 7.91. The van der Waals surface area contributed by atoms with Gasteiger partial charge >= 0.3 is 0 Å². The van der Waals surface area contributed by atoms with Crippen molar-refractivity contribution in [2.24, 2.45) is 11.7 Å². The molecule has 1 fully saturated rings. The molecule has 6 heteroatoms. The van der Waals surface area contributed by atoms with E-state index in [9.17, 15) is 8.42 Å². The van der Waals surface area contributed by atoms with Gasteiger partial charge in [0.25, 0.3) is 0 Å². The van der Waals surface area contributed by atoms with E-state index >= 15 is 0 Å². The van der Waals surface area contributed by atoms with Gasteiger partial charge in [0.15, 0.2) is 9.84 Å². The Balaban J connectivity index is 1.92. The lowest BCUT2D eigenvalue weighted by atomic mass is 10.0. The summed E-state index contributed by atoms with van der Waals surface area (Å²) in [5, 5.41) is 0.545. The van der Waals surface area contributed by atoms with E-state index in [1.165, 1.54) is 0 Å². The number of sulfone groups is 1. The van der Waals surface area contributed by atoms with Crippen LogP contribution in [0.15, 0.2) is 29.2 Å². The van der Waals surface area contributed by atoms with Crippen molar-refractivity contribution in [3.63, 3.8) is 0 Å². The number of hydrogen-bond acceptors (Lipinski definition) is 4. The van der Waals surface area contributed by atoms with E-state index in [1.807, 2.05) is 6.92 Å². The molecule has 0 spiro atoms. The van der Waals surface area contributed by atoms with Crippen LogP contribution in [0.5, 0.6) is 0 Å². The molecule has 1 aliphatic rings. The summed E-state index contributed by atoms with van der Waals surface area (Å²) in [5.41, 5.74) is 5.89. The topological polar surface area (TPSA) is 63.4 Å². The van der Waals surface area contributed by atoms with Crippen molar-refractivity contribution in [2.75, 3.05) is 25.4 Å². The smallest absolute Gasteiger partial charge is 0.179 e. The van der Waals surface area contributed by atoms with E-state index in [1.54, 1.807) is 24.3 Å². The van der Waals surface area contributed by atoms with Crippen LogP contribution in [-0.4, -0.2) is 44.7 Å². The van der Waals surface area contributed by atoms with Gasteiger partial charge in [0.2, 0.25) is 0 Å². The average Bonchev–Trinajstić information content (AvgIpc) is 2.86. The minimum Gasteiger partial charge on any atom is -0.328 e. The number of likely N-dealkylation sites (tertiary alicyclic amines) is 1. The molecule has 112 valence electrons. The Bertz CT molecular complexity index is 543. The number of benzene rings is 1. The zero-order chi connectivity index (χ0) is 14.8. The van der Waals surface area contributed by atoms with E-state index in [2.05, 4.69) is 4.90 Å². The Morgan fingerprint density at radius 3 is 2.60 bits per heavy atom. The molecular weight excluding hydrogens is 296 g/mol. The van der Waals surface area contributed by atoms with Crippen LogP contribution in [0.1, 0.15) is 13.3 Å². The molecule has 2 rings (SSSR count). The average molecular weight is 317 g/mol. The SMILES string of the molecule is CC(N)C1CCN(CCS(=O)(=O)c2ccc(Cl)cc2)C1. The van der Waals surface area contributed by atoms with E-state index < -0.39 is 9.84 Å². The molecule has 0 aliphatic carbocycles. The standard InChI is InChI=1S/C14H21ClN2O2S/c1-11(16)12-6-7-17(10-12)8-9-20(18,19)14-4-2-13(15)3-5-14/h2-5,11-12H,6-10,16H2,1H3. The molecule has 1 aliphatic heterocycles. The zero-order valence-electron chi connectivity index (χ0n) is 11.6. The number of halogens is 1. The second-order valence-corrected chi connectivity index (χ2v) is 8.03. The molecule has 0 saturated carbocycles. The van der Waals surface area contributed by atoms with Crippen LogP contribution >= 0.6 is 11.6 Å². The first kappa shape index (κ1) is 15.8. The second-order valence-electron chi connectivity index (χ2n) is 5.48. The number of nitrogens with two attached hydrogens (primary N) is 1. The van der Waals surface area contributed by atoms with E-state index in [-0.39, 0.29) is 11.8 Å². The molecule has 20 heavy (non-hydrogen) atoms. The maximum Gasteiger partial charge on any atom is 0.179 e. The molecule has 1 aromatic carbocycles. The lowest BCUT2D eigenvalue weighted by Crippen LogP contribution is -2.32. The molecule has 2 unspecified atom stereocenters. The molecule has 2 atom stereocenters. The monoisotopic (exact) mass is 316 g/mol. The van der Waals surface area contributed by atoms with Crippen molar-refractivity contribution >= 4 is 21.4 Å². The molecule has 2 N–H and O–H groups in total. The molecule has 0 radical (unpaired) electrons. The van der Waals surface area contributed by atoms with Gasteiger partial charge < -0.3 is 10.6 Å². The summed E-state index contributed by atoms with van der Waals surface area (Å²) in [6.45, 7) is 4.41. The maximum atomic E-state index is 12.2. The predicted octanol–water partition coefficient (Wildman–Crippen LogP) is 1.78. The van der Waals surface area contributed by atoms with Crippen molar-refractivity contribution in [3.8, 4) is 0 Å². The second kappa shape index (κ2) is 6.43. The van der Waals surface area contributed by atoms with Crippen molar-refractivity contribution < 1.29 is 8.42 Å². The number of rotatable bonds is 5. The van der Waals surface area contributed by atoms with E-state index in [4.69, 9.17) is 17.3 Å². The molecule has 1 saturated heterocycles. The van der Waals surface area contributed by atoms with Crippen molar-refractivity contribution in [1.82, 2.24) is 4.90 Å². The third-order valence-corrected chi connectivity index (χ3v) is 5.86. The van der Waals surface area contributed by atoms with Crippen LogP contribution in [0.2, 0.25) is 5.02 Å². The minimum atomic E-state index is -3.23. The molecule has 0 bridgehead atoms. The van der Waals surface area contributed by atoms with Crippen LogP contribution in [-0.2, 0) is 9.84 Å². The number of nitrogens with zero attached hydrogens (tertiary/aromatic N) is 1. The van der Waals surface area contributed by atoms with Gasteiger partial charge in [-0.1, -0.05) is 11.6 Å². The van der Waals surface area contributed by atoms with Crippen molar-refractivity contribution in [1.29, 1.82) is 0 Å². The third-order valence-electron chi connectivity index (χ3n) is 3.90. The first-order valence-electron chi connectivity index (χ1n) is 6.85. The lowest BCUT2D eigenvalue weighted by Gasteiger charge is -2.17. The van der Waals surface area contributed by atoms with Gasteiger partial charge in [-0.05, 0) is 50.1 Å². The van der Waals surface area contributed by atoms with Crippen LogP contribution in [0, 0.1) is 5.92 Å². The summed E-state index contributed by atoms with van der Waals surface area (Å²) in [6.07, 6.45) is 1.05. The summed E-state index contributed by atoms with van der Waals surface area (Å²) in [6, 6.07) is 6.51. The third kappa shape index (κ3) is 3.95. The Morgan fingerprint density at radius 2 is 2.05 bits per heavy atom. The highest BCUT2D eigenvalue weighted by Gasteiger charge is 2.26. The molecule has 0 amide bonds. The highest BCUT2D eigenvalue weighted by atomic mass is 35.5. The fourth-order valence-electron chi connectivity index (χ4n) is 2.50. The zero-order valence-corrected chi connectivity index (χ0v) is 13.2. The Hall–Kier alpha value is -0.620. The lowest BCUT2D eigenvalue weighted by molar-refractivity contribution is 0.332. The fraction of sp³-hybridized carbons (Fsp3) is 0.571. The Labute approximate surface area is 125 Å². The summed E-state index contributed by atoms with van der Waals surface area (Å²) < 4.78 is 24.4. The van der Waals surface area contributed by atoms with Crippen LogP contribution < -0.4 is 5.73 Å². The molecule has 1 aromatic rings. The largest absolute Gasteiger partial charge is 0.328 e. The Kier molecular flexibility index (Phi) is 5.07. The van der Waals surface area contributed by atoms with Gasteiger partial charge in [0, 0.05) is 24.2 Å². The summed E-state index contributed by atoms with van der Waals surface area (Å²) in [4.78, 5) is 2.52. The first-order valence-corrected chi connectivity index (χ1v) is 8.88. The minimum absolute atomic E-state index is 0.139. The predicted molar refractivity (Wildman–Crippen MR) is 81.7 cm³/mol. The summed E-state index contributed by atoms with van der Waals surface area (Å²) in [5.74, 6) is 0.619. The first-order chi connectivity index (χ1) is 9.38. The van der Waals surface area contributed by atoms with Crippen LogP contribution in [0.25, 0.3) is 0 Å². The Morgan fingerprint density at radius 1 is 1.40 bits per heavy atom. The van der Waals surface area contributed by atoms with Crippen LogP contribution in [0.4, 0.5) is 0 Å². The van der Waals surface area contributed by atoms with Gasteiger partial charge in [-0.25, -0.2) is 8.42 Å². The molecule has 0 aromatic heterocycles. The van der Waals surface area contributed by atoms with Crippen molar-refractivity contribution in [3.05, 3.63) is 29.3 Å². The summed E-state index contributed by atoms with van der Waals surface area (Å²) in [7, 11) is -3.23. The highest BCUT2D eigenvalue weighted by Crippen LogP contribution is 2.20. The van der Waals surface area contributed by atoms with Crippen LogP contribution in [0.3, 0.4) is 0 Å². The van der Waals surface area contributed by atoms with Gasteiger partial charge in [0.05, 0.1) is 10.6 Å². The quantitative estimate of drug-likeness (QED) is 0.899. The maximum absolute atomic E-state index is 12.2. The summed E-state index contributed by atoms with van der Waals surface area (Å²) >= 11 is 5.77. The number of hydrogen-bond donors (Lipinski definition) is 1. The van der Waals surface area contributed by atoms with Gasteiger partial charge in [-0.3, -0.25) is 0 Å². The van der Waals surface area contributed by atoms with Gasteiger partial charge in [-0.2, -0.15) is 0 Å². The van der Waals surface area contributed by atoms with Gasteiger partial charge in [-0.15, -0.1) is 0 Å².